The van der Waals surface area contributed by atoms with Crippen LogP contribution >= 0.6 is 0 Å². The molecule has 0 aromatic carbocycles. The fraction of sp³-hybridized carbons (Fsp3) is 0.444. The summed E-state index contributed by atoms with van der Waals surface area (Å²) in [6, 6.07) is 0. The standard InChI is InChI=1S/C9H11N3O3/c13-9(14)7-6-12(3-4-15-7)8-5-10-1-2-11-8/h1-2,5,7H,3-4,6H2,(H,13,14). The van der Waals surface area contributed by atoms with Gasteiger partial charge in [-0.15, -0.1) is 0 Å². The van der Waals surface area contributed by atoms with Crippen LogP contribution in [0.2, 0.25) is 0 Å². The van der Waals surface area contributed by atoms with Gasteiger partial charge >= 0.3 is 5.97 Å². The van der Waals surface area contributed by atoms with Crippen molar-refractivity contribution in [3.05, 3.63) is 18.6 Å². The van der Waals surface area contributed by atoms with Gasteiger partial charge in [0, 0.05) is 18.9 Å². The molecule has 1 aliphatic rings. The summed E-state index contributed by atoms with van der Waals surface area (Å²) in [4.78, 5) is 20.6. The fourth-order valence-electron chi connectivity index (χ4n) is 1.46. The van der Waals surface area contributed by atoms with E-state index in [1.165, 1.54) is 0 Å². The van der Waals surface area contributed by atoms with Gasteiger partial charge in [-0.05, 0) is 0 Å². The number of carboxylic acids is 1. The normalized spacial score (nSPS) is 21.3. The number of hydrogen-bond donors (Lipinski definition) is 1. The molecule has 6 heteroatoms. The van der Waals surface area contributed by atoms with Gasteiger partial charge in [0.05, 0.1) is 19.3 Å². The van der Waals surface area contributed by atoms with E-state index in [0.29, 0.717) is 25.5 Å². The van der Waals surface area contributed by atoms with E-state index in [4.69, 9.17) is 9.84 Å². The predicted octanol–water partition coefficient (Wildman–Crippen LogP) is -0.234. The fourth-order valence-corrected chi connectivity index (χ4v) is 1.46. The third-order valence-corrected chi connectivity index (χ3v) is 2.22. The third kappa shape index (κ3) is 2.21. The van der Waals surface area contributed by atoms with Crippen LogP contribution in [0.3, 0.4) is 0 Å². The van der Waals surface area contributed by atoms with Gasteiger partial charge in [0.15, 0.2) is 6.10 Å². The summed E-state index contributed by atoms with van der Waals surface area (Å²) >= 11 is 0. The van der Waals surface area contributed by atoms with E-state index in [2.05, 4.69) is 9.97 Å². The Labute approximate surface area is 86.5 Å². The molecule has 1 atom stereocenters. The van der Waals surface area contributed by atoms with Gasteiger partial charge in [0.1, 0.15) is 5.82 Å². The molecular formula is C9H11N3O3. The molecule has 1 unspecified atom stereocenters. The Kier molecular flexibility index (Phi) is 2.77. The number of carbonyl (C=O) groups is 1. The molecule has 0 spiro atoms. The Bertz CT molecular complexity index is 344. The highest BCUT2D eigenvalue weighted by atomic mass is 16.5. The number of aliphatic carboxylic acids is 1. The number of aromatic nitrogens is 2. The summed E-state index contributed by atoms with van der Waals surface area (Å²) in [6.45, 7) is 1.35. The molecule has 0 saturated carbocycles. The molecule has 6 nitrogen and oxygen atoms in total. The molecule has 1 N–H and O–H groups in total. The van der Waals surface area contributed by atoms with Gasteiger partial charge in [0.2, 0.25) is 0 Å². The second-order valence-electron chi connectivity index (χ2n) is 3.21. The first-order chi connectivity index (χ1) is 7.27. The van der Waals surface area contributed by atoms with Crippen LogP contribution in [0.5, 0.6) is 0 Å². The zero-order valence-electron chi connectivity index (χ0n) is 8.04. The first-order valence-electron chi connectivity index (χ1n) is 4.63. The van der Waals surface area contributed by atoms with Crippen molar-refractivity contribution in [2.75, 3.05) is 24.6 Å². The number of carboxylic acid groups (broad SMARTS) is 1. The van der Waals surface area contributed by atoms with Crippen molar-refractivity contribution in [2.45, 2.75) is 6.10 Å². The van der Waals surface area contributed by atoms with Crippen LogP contribution in [0.4, 0.5) is 5.82 Å². The summed E-state index contributed by atoms with van der Waals surface area (Å²) in [5.74, 6) is -0.254. The Hall–Kier alpha value is -1.69. The maximum atomic E-state index is 10.7. The molecule has 1 fully saturated rings. The average molecular weight is 209 g/mol. The number of rotatable bonds is 2. The number of hydrogen-bond acceptors (Lipinski definition) is 5. The van der Waals surface area contributed by atoms with Crippen LogP contribution in [0, 0.1) is 0 Å². The molecule has 2 rings (SSSR count). The van der Waals surface area contributed by atoms with E-state index >= 15 is 0 Å². The quantitative estimate of drug-likeness (QED) is 0.724. The zero-order chi connectivity index (χ0) is 10.7. The molecular weight excluding hydrogens is 198 g/mol. The first-order valence-corrected chi connectivity index (χ1v) is 4.63. The van der Waals surface area contributed by atoms with E-state index in [0.717, 1.165) is 0 Å². The minimum absolute atomic E-state index is 0.314. The van der Waals surface area contributed by atoms with Gasteiger partial charge in [-0.2, -0.15) is 0 Å². The van der Waals surface area contributed by atoms with E-state index in [1.807, 2.05) is 4.90 Å². The smallest absolute Gasteiger partial charge is 0.334 e. The van der Waals surface area contributed by atoms with Crippen molar-refractivity contribution in [3.63, 3.8) is 0 Å². The maximum Gasteiger partial charge on any atom is 0.334 e. The minimum atomic E-state index is -0.941. The lowest BCUT2D eigenvalue weighted by Crippen LogP contribution is -2.46. The lowest BCUT2D eigenvalue weighted by atomic mass is 10.3. The Balaban J connectivity index is 2.08. The highest BCUT2D eigenvalue weighted by Crippen LogP contribution is 2.13. The highest BCUT2D eigenvalue weighted by molar-refractivity contribution is 5.73. The van der Waals surface area contributed by atoms with Gasteiger partial charge < -0.3 is 14.7 Å². The number of morpholine rings is 1. The first kappa shape index (κ1) is 9.85. The van der Waals surface area contributed by atoms with Crippen LogP contribution in [0.1, 0.15) is 0 Å². The lowest BCUT2D eigenvalue weighted by Gasteiger charge is -2.31. The van der Waals surface area contributed by atoms with E-state index in [9.17, 15) is 4.79 Å². The molecule has 2 heterocycles. The molecule has 0 radical (unpaired) electrons. The molecule has 1 saturated heterocycles. The second-order valence-corrected chi connectivity index (χ2v) is 3.21. The largest absolute Gasteiger partial charge is 0.479 e. The number of anilines is 1. The topological polar surface area (TPSA) is 75.5 Å². The van der Waals surface area contributed by atoms with Crippen molar-refractivity contribution in [3.8, 4) is 0 Å². The Morgan fingerprint density at radius 3 is 3.13 bits per heavy atom. The summed E-state index contributed by atoms with van der Waals surface area (Å²) in [5, 5.41) is 8.82. The monoisotopic (exact) mass is 209 g/mol. The Morgan fingerprint density at radius 1 is 1.60 bits per heavy atom. The van der Waals surface area contributed by atoms with Crippen molar-refractivity contribution in [1.29, 1.82) is 0 Å². The van der Waals surface area contributed by atoms with Crippen LogP contribution in [-0.2, 0) is 9.53 Å². The summed E-state index contributed by atoms with van der Waals surface area (Å²) in [7, 11) is 0. The van der Waals surface area contributed by atoms with Crippen molar-refractivity contribution >= 4 is 11.8 Å². The average Bonchev–Trinajstić information content (AvgIpc) is 2.30. The van der Waals surface area contributed by atoms with Gasteiger partial charge in [-0.1, -0.05) is 0 Å². The molecule has 1 aromatic heterocycles. The van der Waals surface area contributed by atoms with Crippen molar-refractivity contribution in [2.24, 2.45) is 0 Å². The van der Waals surface area contributed by atoms with Gasteiger partial charge in [-0.3, -0.25) is 4.98 Å². The summed E-state index contributed by atoms with van der Waals surface area (Å²) in [6.07, 6.45) is 4.00. The van der Waals surface area contributed by atoms with Crippen LogP contribution in [0.15, 0.2) is 18.6 Å². The molecule has 0 aliphatic carbocycles. The molecule has 0 amide bonds. The van der Waals surface area contributed by atoms with Crippen LogP contribution < -0.4 is 4.90 Å². The summed E-state index contributed by atoms with van der Waals surface area (Å²) in [5.41, 5.74) is 0. The SMILES string of the molecule is O=C(O)C1CN(c2cnccn2)CCO1. The third-order valence-electron chi connectivity index (χ3n) is 2.22. The number of nitrogens with zero attached hydrogens (tertiary/aromatic N) is 3. The minimum Gasteiger partial charge on any atom is -0.479 e. The van der Waals surface area contributed by atoms with Crippen LogP contribution in [-0.4, -0.2) is 46.8 Å². The molecule has 15 heavy (non-hydrogen) atoms. The Morgan fingerprint density at radius 2 is 2.47 bits per heavy atom. The molecule has 0 bridgehead atoms. The maximum absolute atomic E-state index is 10.7. The predicted molar refractivity (Wildman–Crippen MR) is 51.6 cm³/mol. The van der Waals surface area contributed by atoms with Crippen molar-refractivity contribution < 1.29 is 14.6 Å². The van der Waals surface area contributed by atoms with Gasteiger partial charge in [-0.25, -0.2) is 9.78 Å². The molecule has 1 aliphatic heterocycles. The molecule has 80 valence electrons. The number of ether oxygens (including phenoxy) is 1. The highest BCUT2D eigenvalue weighted by Gasteiger charge is 2.26. The second kappa shape index (κ2) is 4.22. The van der Waals surface area contributed by atoms with Crippen molar-refractivity contribution in [1.82, 2.24) is 9.97 Å². The van der Waals surface area contributed by atoms with E-state index in [-0.39, 0.29) is 0 Å². The van der Waals surface area contributed by atoms with E-state index < -0.39 is 12.1 Å². The summed E-state index contributed by atoms with van der Waals surface area (Å²) < 4.78 is 5.10. The lowest BCUT2D eigenvalue weighted by molar-refractivity contribution is -0.150. The van der Waals surface area contributed by atoms with Crippen LogP contribution in [0.25, 0.3) is 0 Å². The van der Waals surface area contributed by atoms with Gasteiger partial charge in [0.25, 0.3) is 0 Å². The van der Waals surface area contributed by atoms with E-state index in [1.54, 1.807) is 18.6 Å². The molecule has 1 aromatic rings. The zero-order valence-corrected chi connectivity index (χ0v) is 8.04.